The predicted octanol–water partition coefficient (Wildman–Crippen LogP) is 10.4. The predicted molar refractivity (Wildman–Crippen MR) is 170 cm³/mol. The first kappa shape index (κ1) is 27.6. The molecule has 0 bridgehead atoms. The Morgan fingerprint density at radius 2 is 0.854 bits per heavy atom. The van der Waals surface area contributed by atoms with Gasteiger partial charge in [-0.1, -0.05) is 135 Å². The summed E-state index contributed by atoms with van der Waals surface area (Å²) in [5.74, 6) is 2.29. The summed E-state index contributed by atoms with van der Waals surface area (Å²) in [5.41, 5.74) is 5.02. The monoisotopic (exact) mass is 602 g/mol. The molecule has 1 heterocycles. The number of rotatable bonds is 5. The molecule has 0 fully saturated rings. The van der Waals surface area contributed by atoms with Crippen molar-refractivity contribution in [2.45, 2.75) is 31.3 Å². The van der Waals surface area contributed by atoms with Crippen LogP contribution in [0.2, 0.25) is 0 Å². The van der Waals surface area contributed by atoms with E-state index in [1.54, 1.807) is 0 Å². The molecule has 1 aliphatic heterocycles. The van der Waals surface area contributed by atoms with E-state index in [2.05, 4.69) is 147 Å². The molecule has 2 atom stereocenters. The number of fused-ring (bicyclic) bond motifs is 7. The molecule has 0 saturated heterocycles. The van der Waals surface area contributed by atoms with Crippen LogP contribution in [0.3, 0.4) is 0 Å². The van der Waals surface area contributed by atoms with Crippen LogP contribution in [-0.4, -0.2) is 5.66 Å². The third-order valence-corrected chi connectivity index (χ3v) is 10.8. The Hall–Kier alpha value is -3.61. The molecule has 0 saturated carbocycles. The molecule has 7 rings (SSSR count). The van der Waals surface area contributed by atoms with Gasteiger partial charge in [0.25, 0.3) is 0 Å². The molecule has 1 aliphatic rings. The summed E-state index contributed by atoms with van der Waals surface area (Å²) in [4.78, 5) is 0. The first-order valence-corrected chi connectivity index (χ1v) is 15.4. The van der Waals surface area contributed by atoms with Crippen molar-refractivity contribution in [1.82, 2.24) is 0 Å². The van der Waals surface area contributed by atoms with Gasteiger partial charge in [0, 0.05) is 23.0 Å². The Balaban J connectivity index is 0.00000302. The van der Waals surface area contributed by atoms with E-state index in [0.717, 1.165) is 22.6 Å². The fourth-order valence-corrected chi connectivity index (χ4v) is 8.62. The summed E-state index contributed by atoms with van der Waals surface area (Å²) in [6.45, 7) is 4.66. The average Bonchev–Trinajstić information content (AvgIpc) is 3.19. The van der Waals surface area contributed by atoms with Gasteiger partial charge < -0.3 is 9.05 Å². The van der Waals surface area contributed by atoms with Crippen molar-refractivity contribution in [3.05, 3.63) is 145 Å². The van der Waals surface area contributed by atoms with E-state index in [4.69, 9.17) is 9.05 Å². The van der Waals surface area contributed by atoms with Crippen molar-refractivity contribution in [3.63, 3.8) is 0 Å². The van der Waals surface area contributed by atoms with Crippen LogP contribution in [0.15, 0.2) is 133 Å². The molecule has 6 aromatic rings. The first-order chi connectivity index (χ1) is 19.7. The van der Waals surface area contributed by atoms with Crippen LogP contribution in [0.5, 0.6) is 11.5 Å². The fourth-order valence-electron chi connectivity index (χ4n) is 6.33. The molecule has 0 amide bonds. The third kappa shape index (κ3) is 5.04. The second-order valence-electron chi connectivity index (χ2n) is 10.8. The molecule has 0 aliphatic carbocycles. The first-order valence-electron chi connectivity index (χ1n) is 14.1. The Bertz CT molecular complexity index is 1670. The minimum atomic E-state index is -1.87. The van der Waals surface area contributed by atoms with Crippen LogP contribution >= 0.6 is 8.38 Å². The van der Waals surface area contributed by atoms with Gasteiger partial charge >= 0.3 is 25.4 Å². The summed E-state index contributed by atoms with van der Waals surface area (Å²) in [6, 6.07) is 47.5. The van der Waals surface area contributed by atoms with Gasteiger partial charge in [-0.25, -0.2) is 0 Å². The van der Waals surface area contributed by atoms with Gasteiger partial charge in [-0.05, 0) is 44.8 Å². The number of benzene rings is 6. The second kappa shape index (κ2) is 11.7. The maximum absolute atomic E-state index is 7.12. The van der Waals surface area contributed by atoms with Crippen LogP contribution in [0.4, 0.5) is 0 Å². The standard InChI is InChI=1S/C37H31O2P.Cu/c1-25(27-13-5-3-6-14-27)37(26(2)28-15-7-4-8-16-28)40-38-33-23-21-29-17-9-11-19-31(29)35(33)36-32-20-12-10-18-30(32)22-24-34(36)39-40;/h3-26,37H,1-2H3;/q;+1/p+1/t25-,26-;/m1./s1. The second-order valence-corrected chi connectivity index (χ2v) is 12.5. The minimum absolute atomic E-state index is 0. The Labute approximate surface area is 253 Å². The van der Waals surface area contributed by atoms with Crippen molar-refractivity contribution in [2.75, 3.05) is 0 Å². The molecule has 4 heteroatoms. The van der Waals surface area contributed by atoms with Crippen LogP contribution in [0.1, 0.15) is 36.8 Å². The van der Waals surface area contributed by atoms with Gasteiger partial charge in [0.1, 0.15) is 0 Å². The Morgan fingerprint density at radius 3 is 1.29 bits per heavy atom. The van der Waals surface area contributed by atoms with E-state index in [1.807, 2.05) is 0 Å². The molecule has 0 unspecified atom stereocenters. The van der Waals surface area contributed by atoms with E-state index in [0.29, 0.717) is 0 Å². The maximum atomic E-state index is 7.12. The molecular formula is C37H32CuO2P+2. The van der Waals surface area contributed by atoms with Crippen molar-refractivity contribution >= 4 is 29.9 Å². The zero-order valence-corrected chi connectivity index (χ0v) is 25.0. The minimum Gasteiger partial charge on any atom is -0.312 e. The third-order valence-electron chi connectivity index (χ3n) is 8.45. The van der Waals surface area contributed by atoms with Crippen molar-refractivity contribution in [2.24, 2.45) is 0 Å². The quantitative estimate of drug-likeness (QED) is 0.144. The van der Waals surface area contributed by atoms with Crippen LogP contribution < -0.4 is 9.05 Å². The maximum Gasteiger partial charge on any atom is 1.00 e. The van der Waals surface area contributed by atoms with Crippen LogP contribution in [0, 0.1) is 0 Å². The van der Waals surface area contributed by atoms with Crippen molar-refractivity contribution in [1.29, 1.82) is 0 Å². The van der Waals surface area contributed by atoms with Crippen LogP contribution in [0.25, 0.3) is 32.7 Å². The summed E-state index contributed by atoms with van der Waals surface area (Å²) in [5, 5.41) is 4.78. The Morgan fingerprint density at radius 1 is 0.463 bits per heavy atom. The SMILES string of the molecule is C[C@H](c1ccccc1)C([C@H](C)c1ccccc1)[PH+]1Oc2ccc3ccccc3c2-c2c(ccc3ccccc23)O1.[Cu+]. The molecule has 0 N–H and O–H groups in total. The zero-order chi connectivity index (χ0) is 27.1. The van der Waals surface area contributed by atoms with Gasteiger partial charge in [-0.3, -0.25) is 0 Å². The zero-order valence-electron chi connectivity index (χ0n) is 23.1. The molecule has 6 aromatic carbocycles. The van der Waals surface area contributed by atoms with Gasteiger partial charge in [0.15, 0.2) is 17.2 Å². The average molecular weight is 603 g/mol. The topological polar surface area (TPSA) is 18.5 Å². The van der Waals surface area contributed by atoms with Crippen molar-refractivity contribution in [3.8, 4) is 22.6 Å². The van der Waals surface area contributed by atoms with E-state index in [-0.39, 0.29) is 34.6 Å². The summed E-state index contributed by atoms with van der Waals surface area (Å²) in [6.07, 6.45) is 0. The van der Waals surface area contributed by atoms with E-state index < -0.39 is 8.38 Å². The summed E-state index contributed by atoms with van der Waals surface area (Å²) in [7, 11) is -1.87. The van der Waals surface area contributed by atoms with E-state index in [1.165, 1.54) is 32.7 Å². The van der Waals surface area contributed by atoms with E-state index >= 15 is 0 Å². The van der Waals surface area contributed by atoms with Gasteiger partial charge in [-0.15, -0.1) is 0 Å². The smallest absolute Gasteiger partial charge is 0.312 e. The van der Waals surface area contributed by atoms with Crippen LogP contribution in [-0.2, 0) is 17.1 Å². The Kier molecular flexibility index (Phi) is 7.87. The largest absolute Gasteiger partial charge is 1.00 e. The van der Waals surface area contributed by atoms with Gasteiger partial charge in [0.2, 0.25) is 0 Å². The molecule has 0 aromatic heterocycles. The molecule has 0 spiro atoms. The summed E-state index contributed by atoms with van der Waals surface area (Å²) < 4.78 is 14.2. The fraction of sp³-hybridized carbons (Fsp3) is 0.135. The molecule has 206 valence electrons. The number of hydrogen-bond donors (Lipinski definition) is 0. The molecule has 41 heavy (non-hydrogen) atoms. The number of hydrogen-bond acceptors (Lipinski definition) is 2. The van der Waals surface area contributed by atoms with Gasteiger partial charge in [-0.2, -0.15) is 0 Å². The van der Waals surface area contributed by atoms with E-state index in [9.17, 15) is 0 Å². The van der Waals surface area contributed by atoms with Crippen molar-refractivity contribution < 1.29 is 26.1 Å². The molecular weight excluding hydrogens is 571 g/mol. The normalized spacial score (nSPS) is 14.2. The summed E-state index contributed by atoms with van der Waals surface area (Å²) >= 11 is 0. The molecule has 2 nitrogen and oxygen atoms in total. The molecule has 0 radical (unpaired) electrons. The van der Waals surface area contributed by atoms with Gasteiger partial charge in [0.05, 0.1) is 0 Å².